The molecule has 0 aromatic rings. The quantitative estimate of drug-likeness (QED) is 0.701. The number of nitrogens with zero attached hydrogens (tertiary/aromatic N) is 1. The Bertz CT molecular complexity index is 164. The number of hydrogen-bond donors (Lipinski definition) is 1. The fourth-order valence-corrected chi connectivity index (χ4v) is 1.72. The summed E-state index contributed by atoms with van der Waals surface area (Å²) in [7, 11) is 1.67. The molecule has 0 aromatic heterocycles. The highest BCUT2D eigenvalue weighted by atomic mass is 16.5. The zero-order valence-corrected chi connectivity index (χ0v) is 9.40. The van der Waals surface area contributed by atoms with Gasteiger partial charge in [0.2, 0.25) is 0 Å². The van der Waals surface area contributed by atoms with Crippen molar-refractivity contribution in [3.05, 3.63) is 0 Å². The van der Waals surface area contributed by atoms with Gasteiger partial charge in [0, 0.05) is 26.2 Å². The molecule has 1 fully saturated rings. The van der Waals surface area contributed by atoms with Crippen LogP contribution in [0.3, 0.4) is 0 Å². The van der Waals surface area contributed by atoms with Crippen LogP contribution in [-0.2, 0) is 9.47 Å². The number of nitrogens with two attached hydrogens (primary N) is 1. The van der Waals surface area contributed by atoms with E-state index < -0.39 is 0 Å². The van der Waals surface area contributed by atoms with E-state index in [4.69, 9.17) is 15.2 Å². The maximum absolute atomic E-state index is 5.94. The summed E-state index contributed by atoms with van der Waals surface area (Å²) in [4.78, 5) is 2.39. The SMILES string of the molecule is COCC(N)C1CN(C(C)C)CCO1. The van der Waals surface area contributed by atoms with Gasteiger partial charge in [0.15, 0.2) is 0 Å². The Morgan fingerprint density at radius 2 is 2.29 bits per heavy atom. The summed E-state index contributed by atoms with van der Waals surface area (Å²) < 4.78 is 10.7. The first-order chi connectivity index (χ1) is 6.65. The Kier molecular flexibility index (Phi) is 4.81. The molecule has 0 radical (unpaired) electrons. The van der Waals surface area contributed by atoms with Gasteiger partial charge < -0.3 is 15.2 Å². The highest BCUT2D eigenvalue weighted by Gasteiger charge is 2.26. The third kappa shape index (κ3) is 3.20. The Morgan fingerprint density at radius 3 is 2.86 bits per heavy atom. The zero-order chi connectivity index (χ0) is 10.6. The van der Waals surface area contributed by atoms with Gasteiger partial charge in [0.05, 0.1) is 25.4 Å². The number of ether oxygens (including phenoxy) is 2. The first kappa shape index (κ1) is 11.9. The van der Waals surface area contributed by atoms with E-state index in [9.17, 15) is 0 Å². The lowest BCUT2D eigenvalue weighted by Crippen LogP contribution is -2.53. The van der Waals surface area contributed by atoms with Gasteiger partial charge in [-0.05, 0) is 13.8 Å². The minimum atomic E-state index is -0.0125. The summed E-state index contributed by atoms with van der Waals surface area (Å²) in [6.07, 6.45) is 0.117. The molecule has 0 bridgehead atoms. The number of rotatable bonds is 4. The van der Waals surface area contributed by atoms with Crippen LogP contribution < -0.4 is 5.73 Å². The molecule has 1 rings (SSSR count). The van der Waals surface area contributed by atoms with E-state index in [1.54, 1.807) is 7.11 Å². The Balaban J connectivity index is 2.39. The normalized spacial score (nSPS) is 26.8. The van der Waals surface area contributed by atoms with Crippen molar-refractivity contribution in [2.75, 3.05) is 33.4 Å². The molecule has 84 valence electrons. The van der Waals surface area contributed by atoms with Crippen molar-refractivity contribution in [1.29, 1.82) is 0 Å². The largest absolute Gasteiger partial charge is 0.383 e. The van der Waals surface area contributed by atoms with Gasteiger partial charge in [0.25, 0.3) is 0 Å². The minimum Gasteiger partial charge on any atom is -0.383 e. The van der Waals surface area contributed by atoms with Crippen LogP contribution in [0, 0.1) is 0 Å². The van der Waals surface area contributed by atoms with Crippen LogP contribution in [-0.4, -0.2) is 56.5 Å². The molecule has 0 aliphatic carbocycles. The van der Waals surface area contributed by atoms with Crippen molar-refractivity contribution in [2.45, 2.75) is 32.0 Å². The van der Waals surface area contributed by atoms with E-state index in [2.05, 4.69) is 18.7 Å². The molecule has 2 N–H and O–H groups in total. The van der Waals surface area contributed by atoms with Gasteiger partial charge >= 0.3 is 0 Å². The van der Waals surface area contributed by atoms with Gasteiger partial charge in [-0.1, -0.05) is 0 Å². The molecule has 1 saturated heterocycles. The van der Waals surface area contributed by atoms with E-state index in [-0.39, 0.29) is 12.1 Å². The fraction of sp³-hybridized carbons (Fsp3) is 1.00. The van der Waals surface area contributed by atoms with E-state index in [1.807, 2.05) is 0 Å². The van der Waals surface area contributed by atoms with Gasteiger partial charge in [-0.15, -0.1) is 0 Å². The monoisotopic (exact) mass is 202 g/mol. The van der Waals surface area contributed by atoms with Crippen LogP contribution in [0.1, 0.15) is 13.8 Å². The second-order valence-electron chi connectivity index (χ2n) is 4.12. The van der Waals surface area contributed by atoms with E-state index in [1.165, 1.54) is 0 Å². The summed E-state index contributed by atoms with van der Waals surface area (Å²) >= 11 is 0. The molecule has 14 heavy (non-hydrogen) atoms. The molecular weight excluding hydrogens is 180 g/mol. The molecule has 1 aliphatic heterocycles. The molecule has 1 heterocycles. The first-order valence-electron chi connectivity index (χ1n) is 5.25. The highest BCUT2D eigenvalue weighted by molar-refractivity contribution is 4.81. The molecule has 1 aliphatic rings. The lowest BCUT2D eigenvalue weighted by atomic mass is 10.1. The molecule has 4 nitrogen and oxygen atoms in total. The van der Waals surface area contributed by atoms with Gasteiger partial charge in [-0.3, -0.25) is 4.90 Å². The lowest BCUT2D eigenvalue weighted by Gasteiger charge is -2.37. The third-order valence-electron chi connectivity index (χ3n) is 2.69. The van der Waals surface area contributed by atoms with Crippen LogP contribution in [0.15, 0.2) is 0 Å². The summed E-state index contributed by atoms with van der Waals surface area (Å²) in [5.41, 5.74) is 5.94. The van der Waals surface area contributed by atoms with Gasteiger partial charge in [0.1, 0.15) is 0 Å². The minimum absolute atomic E-state index is 0.0125. The predicted octanol–water partition coefficient (Wildman–Crippen LogP) is 0.0693. The number of methoxy groups -OCH3 is 1. The van der Waals surface area contributed by atoms with Crippen LogP contribution >= 0.6 is 0 Å². The maximum Gasteiger partial charge on any atom is 0.0875 e. The maximum atomic E-state index is 5.94. The van der Waals surface area contributed by atoms with E-state index in [0.29, 0.717) is 12.6 Å². The number of hydrogen-bond acceptors (Lipinski definition) is 4. The highest BCUT2D eigenvalue weighted by Crippen LogP contribution is 2.10. The summed E-state index contributed by atoms with van der Waals surface area (Å²) in [5.74, 6) is 0. The smallest absolute Gasteiger partial charge is 0.0875 e. The second-order valence-corrected chi connectivity index (χ2v) is 4.12. The van der Waals surface area contributed by atoms with Crippen molar-refractivity contribution in [2.24, 2.45) is 5.73 Å². The Labute approximate surface area is 86.3 Å². The van der Waals surface area contributed by atoms with Crippen molar-refractivity contribution in [3.63, 3.8) is 0 Å². The Hall–Kier alpha value is -0.160. The first-order valence-corrected chi connectivity index (χ1v) is 5.25. The third-order valence-corrected chi connectivity index (χ3v) is 2.69. The van der Waals surface area contributed by atoms with Gasteiger partial charge in [-0.25, -0.2) is 0 Å². The topological polar surface area (TPSA) is 47.7 Å². The van der Waals surface area contributed by atoms with Crippen LogP contribution in [0.5, 0.6) is 0 Å². The molecule has 0 spiro atoms. The fourth-order valence-electron chi connectivity index (χ4n) is 1.72. The average Bonchev–Trinajstić information content (AvgIpc) is 2.18. The second kappa shape index (κ2) is 5.66. The van der Waals surface area contributed by atoms with Crippen LogP contribution in [0.2, 0.25) is 0 Å². The Morgan fingerprint density at radius 1 is 1.57 bits per heavy atom. The van der Waals surface area contributed by atoms with Crippen molar-refractivity contribution >= 4 is 0 Å². The zero-order valence-electron chi connectivity index (χ0n) is 9.40. The molecule has 0 aromatic carbocycles. The molecule has 0 amide bonds. The number of morpholine rings is 1. The molecule has 4 heteroatoms. The summed E-state index contributed by atoms with van der Waals surface area (Å²) in [6, 6.07) is 0.553. The molecule has 2 atom stereocenters. The van der Waals surface area contributed by atoms with Crippen molar-refractivity contribution in [3.8, 4) is 0 Å². The van der Waals surface area contributed by atoms with Crippen LogP contribution in [0.4, 0.5) is 0 Å². The molecular formula is C10H22N2O2. The van der Waals surface area contributed by atoms with Gasteiger partial charge in [-0.2, -0.15) is 0 Å². The predicted molar refractivity (Wildman–Crippen MR) is 56.3 cm³/mol. The molecule has 0 saturated carbocycles. The van der Waals surface area contributed by atoms with Crippen LogP contribution in [0.25, 0.3) is 0 Å². The average molecular weight is 202 g/mol. The summed E-state index contributed by atoms with van der Waals surface area (Å²) in [6.45, 7) is 7.67. The van der Waals surface area contributed by atoms with E-state index in [0.717, 1.165) is 19.7 Å². The van der Waals surface area contributed by atoms with E-state index >= 15 is 0 Å². The van der Waals surface area contributed by atoms with Crippen molar-refractivity contribution < 1.29 is 9.47 Å². The van der Waals surface area contributed by atoms with Crippen molar-refractivity contribution in [1.82, 2.24) is 4.90 Å². The lowest BCUT2D eigenvalue weighted by molar-refractivity contribution is -0.0590. The summed E-state index contributed by atoms with van der Waals surface area (Å²) in [5, 5.41) is 0. The molecule has 2 unspecified atom stereocenters. The standard InChI is InChI=1S/C10H22N2O2/c1-8(2)12-4-5-14-10(6-12)9(11)7-13-3/h8-10H,4-7,11H2,1-3H3.